The average molecular weight is 412 g/mol. The normalized spacial score (nSPS) is 17.6. The molecule has 2 aliphatic heterocycles. The molecule has 2 N–H and O–H groups in total. The smallest absolute Gasteiger partial charge is 0.226 e. The first kappa shape index (κ1) is 18.2. The second-order valence-corrected chi connectivity index (χ2v) is 8.12. The molecule has 9 heteroatoms. The van der Waals surface area contributed by atoms with Crippen LogP contribution < -0.4 is 10.6 Å². The summed E-state index contributed by atoms with van der Waals surface area (Å²) in [5, 5.41) is 9.66. The van der Waals surface area contributed by atoms with E-state index in [4.69, 9.17) is 17.3 Å². The number of piperidine rings is 1. The molecule has 0 atom stereocenters. The van der Waals surface area contributed by atoms with E-state index in [1.165, 1.54) is 0 Å². The average Bonchev–Trinajstić information content (AvgIpc) is 3.21. The number of halogens is 1. The van der Waals surface area contributed by atoms with Gasteiger partial charge >= 0.3 is 0 Å². The first-order valence-electron chi connectivity index (χ1n) is 9.84. The fraction of sp³-hybridized carbons (Fsp3) is 0.400. The van der Waals surface area contributed by atoms with Gasteiger partial charge in [0.25, 0.3) is 0 Å². The zero-order chi connectivity index (χ0) is 20.0. The van der Waals surface area contributed by atoms with Gasteiger partial charge < -0.3 is 20.1 Å². The van der Waals surface area contributed by atoms with Crippen molar-refractivity contribution < 1.29 is 4.79 Å². The molecular weight excluding hydrogens is 390 g/mol. The Hall–Kier alpha value is -2.87. The summed E-state index contributed by atoms with van der Waals surface area (Å²) in [5.41, 5.74) is 8.75. The van der Waals surface area contributed by atoms with Crippen molar-refractivity contribution in [2.24, 2.45) is 5.92 Å². The quantitative estimate of drug-likeness (QED) is 0.695. The molecule has 0 saturated carbocycles. The first-order chi connectivity index (χ1) is 14.1. The maximum absolute atomic E-state index is 13.0. The van der Waals surface area contributed by atoms with Gasteiger partial charge in [-0.25, -0.2) is 0 Å². The molecule has 2 aliphatic rings. The largest absolute Gasteiger partial charge is 0.396 e. The van der Waals surface area contributed by atoms with Crippen LogP contribution in [0.4, 0.5) is 11.4 Å². The Morgan fingerprint density at radius 1 is 1.17 bits per heavy atom. The number of anilines is 2. The Bertz CT molecular complexity index is 1070. The fourth-order valence-corrected chi connectivity index (χ4v) is 4.55. The molecule has 5 rings (SSSR count). The molecule has 1 fully saturated rings. The molecule has 8 nitrogen and oxygen atoms in total. The third-order valence-electron chi connectivity index (χ3n) is 5.94. The van der Waals surface area contributed by atoms with Crippen LogP contribution in [0.15, 0.2) is 30.7 Å². The third kappa shape index (κ3) is 3.27. The van der Waals surface area contributed by atoms with Gasteiger partial charge in [-0.2, -0.15) is 0 Å². The summed E-state index contributed by atoms with van der Waals surface area (Å²) in [7, 11) is 0. The number of aromatic nitrogens is 4. The van der Waals surface area contributed by atoms with E-state index < -0.39 is 0 Å². The van der Waals surface area contributed by atoms with Crippen molar-refractivity contribution in [3.8, 4) is 0 Å². The Morgan fingerprint density at radius 3 is 2.83 bits per heavy atom. The van der Waals surface area contributed by atoms with Crippen LogP contribution >= 0.6 is 11.6 Å². The number of amides is 1. The van der Waals surface area contributed by atoms with Gasteiger partial charge in [0.1, 0.15) is 6.33 Å². The number of nitrogen functional groups attached to an aromatic ring is 1. The van der Waals surface area contributed by atoms with E-state index >= 15 is 0 Å². The second kappa shape index (κ2) is 7.18. The van der Waals surface area contributed by atoms with E-state index in [0.29, 0.717) is 23.8 Å². The van der Waals surface area contributed by atoms with Crippen molar-refractivity contribution in [2.45, 2.75) is 25.9 Å². The summed E-state index contributed by atoms with van der Waals surface area (Å²) in [6.45, 7) is 3.56. The minimum absolute atomic E-state index is 0.0265. The Balaban J connectivity index is 1.31. The minimum Gasteiger partial charge on any atom is -0.396 e. The molecule has 0 bridgehead atoms. The molecule has 4 heterocycles. The summed E-state index contributed by atoms with van der Waals surface area (Å²) in [4.78, 5) is 21.6. The lowest BCUT2D eigenvalue weighted by Crippen LogP contribution is -2.45. The molecule has 1 aromatic carbocycles. The Kier molecular flexibility index (Phi) is 4.50. The van der Waals surface area contributed by atoms with E-state index in [2.05, 4.69) is 20.1 Å². The van der Waals surface area contributed by atoms with Crippen LogP contribution in [-0.2, 0) is 17.9 Å². The number of rotatable bonds is 2. The predicted molar refractivity (Wildman–Crippen MR) is 112 cm³/mol. The molecule has 0 aliphatic carbocycles. The maximum atomic E-state index is 13.0. The van der Waals surface area contributed by atoms with Gasteiger partial charge in [0.05, 0.1) is 29.6 Å². The molecule has 3 aromatic rings. The third-order valence-corrected chi connectivity index (χ3v) is 6.18. The Morgan fingerprint density at radius 2 is 2.00 bits per heavy atom. The fourth-order valence-electron chi connectivity index (χ4n) is 4.38. The van der Waals surface area contributed by atoms with Crippen molar-refractivity contribution in [1.82, 2.24) is 24.6 Å². The van der Waals surface area contributed by atoms with Gasteiger partial charge in [0, 0.05) is 42.5 Å². The molecule has 0 unspecified atom stereocenters. The van der Waals surface area contributed by atoms with Crippen LogP contribution in [0, 0.1) is 5.92 Å². The van der Waals surface area contributed by atoms with Crippen LogP contribution in [0.5, 0.6) is 0 Å². The summed E-state index contributed by atoms with van der Waals surface area (Å²) in [5.74, 6) is 1.10. The van der Waals surface area contributed by atoms with E-state index in [9.17, 15) is 4.79 Å². The van der Waals surface area contributed by atoms with Crippen molar-refractivity contribution in [3.63, 3.8) is 0 Å². The molecule has 150 valence electrons. The number of hydrogen-bond acceptors (Lipinski definition) is 6. The van der Waals surface area contributed by atoms with E-state index in [0.717, 1.165) is 54.9 Å². The molecule has 29 heavy (non-hydrogen) atoms. The summed E-state index contributed by atoms with van der Waals surface area (Å²) in [6.07, 6.45) is 5.02. The number of fused-ring (bicyclic) bond motifs is 2. The van der Waals surface area contributed by atoms with Crippen molar-refractivity contribution in [1.29, 1.82) is 0 Å². The number of nitrogens with two attached hydrogens (primary N) is 1. The molecular formula is C20H22ClN7O. The van der Waals surface area contributed by atoms with Gasteiger partial charge in [-0.1, -0.05) is 11.6 Å². The number of pyridine rings is 1. The van der Waals surface area contributed by atoms with Gasteiger partial charge in [0.2, 0.25) is 5.91 Å². The van der Waals surface area contributed by atoms with Crippen LogP contribution in [0.1, 0.15) is 18.7 Å². The summed E-state index contributed by atoms with van der Waals surface area (Å²) < 4.78 is 2.01. The number of nitrogens with zero attached hydrogens (tertiary/aromatic N) is 6. The molecule has 0 spiro atoms. The summed E-state index contributed by atoms with van der Waals surface area (Å²) >= 11 is 6.21. The van der Waals surface area contributed by atoms with Crippen molar-refractivity contribution in [3.05, 3.63) is 41.6 Å². The zero-order valence-electron chi connectivity index (χ0n) is 16.0. The molecule has 1 saturated heterocycles. The Labute approximate surface area is 173 Å². The van der Waals surface area contributed by atoms with Gasteiger partial charge in [-0.05, 0) is 31.0 Å². The topological polar surface area (TPSA) is 93.2 Å². The summed E-state index contributed by atoms with van der Waals surface area (Å²) in [6, 6.07) is 5.66. The maximum Gasteiger partial charge on any atom is 0.226 e. The number of carbonyl (C=O) groups is 1. The lowest BCUT2D eigenvalue weighted by atomic mass is 9.94. The minimum atomic E-state index is 0.0265. The van der Waals surface area contributed by atoms with Crippen molar-refractivity contribution >= 4 is 39.8 Å². The second-order valence-electron chi connectivity index (χ2n) is 7.69. The van der Waals surface area contributed by atoms with E-state index in [1.807, 2.05) is 27.7 Å². The number of hydrogen-bond donors (Lipinski definition) is 1. The lowest BCUT2D eigenvalue weighted by Gasteiger charge is -2.37. The van der Waals surface area contributed by atoms with Crippen molar-refractivity contribution in [2.75, 3.05) is 30.3 Å². The molecule has 2 aromatic heterocycles. The van der Waals surface area contributed by atoms with Crippen LogP contribution in [0.3, 0.4) is 0 Å². The van der Waals surface area contributed by atoms with Crippen LogP contribution in [0.25, 0.3) is 10.9 Å². The van der Waals surface area contributed by atoms with Gasteiger partial charge in [0.15, 0.2) is 5.82 Å². The molecule has 0 radical (unpaired) electrons. The van der Waals surface area contributed by atoms with Crippen LogP contribution in [-0.4, -0.2) is 50.2 Å². The highest BCUT2D eigenvalue weighted by Gasteiger charge is 2.31. The monoisotopic (exact) mass is 411 g/mol. The standard InChI is InChI=1S/C20H22ClN7O/c21-14-1-2-17-15(9-14)19(16(22)10-23-17)26-5-3-13(4-6-26)20(29)27-7-8-28-12-24-25-18(28)11-27/h1-2,9-10,12-13H,3-8,11,22H2. The molecule has 1 amide bonds. The highest BCUT2D eigenvalue weighted by Crippen LogP contribution is 2.35. The number of benzene rings is 1. The zero-order valence-corrected chi connectivity index (χ0v) is 16.7. The number of carbonyl (C=O) groups excluding carboxylic acids is 1. The lowest BCUT2D eigenvalue weighted by molar-refractivity contribution is -0.137. The van der Waals surface area contributed by atoms with Gasteiger partial charge in [-0.3, -0.25) is 9.78 Å². The SMILES string of the molecule is Nc1cnc2ccc(Cl)cc2c1N1CCC(C(=O)N2CCn3cnnc3C2)CC1. The van der Waals surface area contributed by atoms with E-state index in [-0.39, 0.29) is 11.8 Å². The highest BCUT2D eigenvalue weighted by atomic mass is 35.5. The highest BCUT2D eigenvalue weighted by molar-refractivity contribution is 6.31. The first-order valence-corrected chi connectivity index (χ1v) is 10.2. The van der Waals surface area contributed by atoms with Gasteiger partial charge in [-0.15, -0.1) is 10.2 Å². The van der Waals surface area contributed by atoms with E-state index in [1.54, 1.807) is 12.5 Å². The van der Waals surface area contributed by atoms with Crippen LogP contribution in [0.2, 0.25) is 5.02 Å². The predicted octanol–water partition coefficient (Wildman–Crippen LogP) is 2.32.